The average Bonchev–Trinajstić information content (AvgIpc) is 0.909. The Morgan fingerprint density at radius 2 is 0.547 bits per heavy atom. The number of aliphatic hydroxyl groups is 1. The average molecular weight is 1520 g/mol. The molecule has 0 bridgehead atoms. The van der Waals surface area contributed by atoms with Crippen molar-refractivity contribution in [3.63, 3.8) is 0 Å². The molecule has 0 fully saturated rings. The van der Waals surface area contributed by atoms with E-state index in [1.54, 1.807) is 12.2 Å². The zero-order valence-corrected chi connectivity index (χ0v) is 67.3. The molecule has 0 aromatic rings. The van der Waals surface area contributed by atoms with Gasteiger partial charge in [-0.3, -0.25) is 37.3 Å². The number of phosphoric ester groups is 2. The van der Waals surface area contributed by atoms with Gasteiger partial charge in [-0.2, -0.15) is 0 Å². The van der Waals surface area contributed by atoms with E-state index in [4.69, 9.17) is 37.0 Å². The molecule has 3 N–H and O–H groups in total. The van der Waals surface area contributed by atoms with E-state index in [1.807, 2.05) is 30.4 Å². The first kappa shape index (κ1) is 100. The van der Waals surface area contributed by atoms with E-state index in [1.165, 1.54) is 64.2 Å². The summed E-state index contributed by atoms with van der Waals surface area (Å²) >= 11 is 0. The zero-order chi connectivity index (χ0) is 77.4. The maximum absolute atomic E-state index is 13.1. The lowest BCUT2D eigenvalue weighted by Crippen LogP contribution is -2.30. The highest BCUT2D eigenvalue weighted by Gasteiger charge is 2.30. The Kier molecular flexibility index (Phi) is 73.1. The second kappa shape index (κ2) is 77.3. The molecule has 0 rings (SSSR count). The van der Waals surface area contributed by atoms with E-state index in [0.29, 0.717) is 32.1 Å². The lowest BCUT2D eigenvalue weighted by molar-refractivity contribution is -0.161. The zero-order valence-electron chi connectivity index (χ0n) is 65.5. The summed E-state index contributed by atoms with van der Waals surface area (Å²) in [6, 6.07) is 0. The fourth-order valence-corrected chi connectivity index (χ4v) is 11.5. The van der Waals surface area contributed by atoms with Gasteiger partial charge in [-0.25, -0.2) is 9.13 Å². The Bertz CT molecular complexity index is 2730. The van der Waals surface area contributed by atoms with Crippen molar-refractivity contribution in [2.45, 2.75) is 303 Å². The van der Waals surface area contributed by atoms with Crippen molar-refractivity contribution in [3.8, 4) is 0 Å². The molecule has 0 amide bonds. The van der Waals surface area contributed by atoms with Gasteiger partial charge in [-0.15, -0.1) is 0 Å². The van der Waals surface area contributed by atoms with Crippen LogP contribution in [0.15, 0.2) is 182 Å². The van der Waals surface area contributed by atoms with Gasteiger partial charge in [-0.05, 0) is 128 Å². The van der Waals surface area contributed by atoms with Gasteiger partial charge in [0.05, 0.1) is 32.8 Å². The number of phosphoric acid groups is 2. The van der Waals surface area contributed by atoms with Crippen molar-refractivity contribution in [3.05, 3.63) is 182 Å². The van der Waals surface area contributed by atoms with Crippen molar-refractivity contribution in [2.24, 2.45) is 0 Å². The van der Waals surface area contributed by atoms with Gasteiger partial charge in [0.2, 0.25) is 0 Å². The third-order valence-corrected chi connectivity index (χ3v) is 17.8. The number of rotatable bonds is 73. The fraction of sp³-hybridized carbons (Fsp3) is 0.609. The SMILES string of the molecule is CC/C=C\C/C=C\C/C=C\C/C=C\C/C=C\C/C=C\CCC(=O)OCC(COP(=O)(O)OCC(O)COP(=O)(O)OCC(COC(=O)CCCCCC/C=C\C/C=C\C/C=C\C/C=C\CC)OC(=O)C/C=C\C/C=C\C/C=C\C/C=C\C/C=C\CC)OC(=O)CCCCCCCCCCCCCCCCC. The lowest BCUT2D eigenvalue weighted by Gasteiger charge is -2.21. The Morgan fingerprint density at radius 3 is 0.896 bits per heavy atom. The topological polar surface area (TPSA) is 237 Å². The number of aliphatic hydroxyl groups excluding tert-OH is 1. The number of esters is 4. The molecule has 5 unspecified atom stereocenters. The van der Waals surface area contributed by atoms with Gasteiger partial charge in [0.25, 0.3) is 0 Å². The third kappa shape index (κ3) is 76.4. The van der Waals surface area contributed by atoms with Crippen LogP contribution in [-0.2, 0) is 65.4 Å². The molecule has 0 saturated carbocycles. The van der Waals surface area contributed by atoms with Crippen molar-refractivity contribution in [1.29, 1.82) is 0 Å². The molecule has 0 aromatic heterocycles. The van der Waals surface area contributed by atoms with Gasteiger partial charge in [0.15, 0.2) is 12.2 Å². The molecular formula is C87H140O17P2. The van der Waals surface area contributed by atoms with Crippen LogP contribution < -0.4 is 0 Å². The number of unbranched alkanes of at least 4 members (excludes halogenated alkanes) is 18. The number of ether oxygens (including phenoxy) is 4. The van der Waals surface area contributed by atoms with E-state index < -0.39 is 97.5 Å². The second-order valence-electron chi connectivity index (χ2n) is 25.9. The van der Waals surface area contributed by atoms with Crippen molar-refractivity contribution in [2.75, 3.05) is 39.6 Å². The quantitative estimate of drug-likeness (QED) is 0.0169. The Balaban J connectivity index is 5.52. The summed E-state index contributed by atoms with van der Waals surface area (Å²) in [5.41, 5.74) is 0. The largest absolute Gasteiger partial charge is 0.472 e. The first-order chi connectivity index (χ1) is 51.7. The van der Waals surface area contributed by atoms with Crippen LogP contribution in [0.5, 0.6) is 0 Å². The van der Waals surface area contributed by atoms with Gasteiger partial charge in [0, 0.05) is 19.3 Å². The maximum atomic E-state index is 13.1. The Labute approximate surface area is 641 Å². The molecule has 0 heterocycles. The molecule has 0 saturated heterocycles. The van der Waals surface area contributed by atoms with Gasteiger partial charge in [0.1, 0.15) is 19.3 Å². The molecule has 17 nitrogen and oxygen atoms in total. The summed E-state index contributed by atoms with van der Waals surface area (Å²) in [6.45, 7) is 4.30. The molecule has 0 aliphatic heterocycles. The van der Waals surface area contributed by atoms with Crippen molar-refractivity contribution < 1.29 is 80.2 Å². The minimum Gasteiger partial charge on any atom is -0.462 e. The molecule has 0 aromatic carbocycles. The van der Waals surface area contributed by atoms with E-state index in [-0.39, 0.29) is 25.7 Å². The number of hydrogen-bond acceptors (Lipinski definition) is 15. The van der Waals surface area contributed by atoms with Gasteiger partial charge >= 0.3 is 39.5 Å². The summed E-state index contributed by atoms with van der Waals surface area (Å²) in [6.07, 6.45) is 93.5. The van der Waals surface area contributed by atoms with E-state index >= 15 is 0 Å². The third-order valence-electron chi connectivity index (χ3n) is 15.9. The van der Waals surface area contributed by atoms with Gasteiger partial charge in [-0.1, -0.05) is 313 Å². The van der Waals surface area contributed by atoms with Crippen molar-refractivity contribution in [1.82, 2.24) is 0 Å². The minimum atomic E-state index is -5.02. The van der Waals surface area contributed by atoms with Crippen molar-refractivity contribution >= 4 is 39.5 Å². The summed E-state index contributed by atoms with van der Waals surface area (Å²) in [5.74, 6) is -2.46. The summed E-state index contributed by atoms with van der Waals surface area (Å²) in [4.78, 5) is 73.0. The van der Waals surface area contributed by atoms with Crippen LogP contribution in [0.1, 0.15) is 285 Å². The second-order valence-corrected chi connectivity index (χ2v) is 28.8. The first-order valence-corrected chi connectivity index (χ1v) is 43.0. The molecule has 0 aliphatic rings. The molecule has 0 aliphatic carbocycles. The minimum absolute atomic E-state index is 0.0294. The highest BCUT2D eigenvalue weighted by molar-refractivity contribution is 7.47. The normalized spacial score (nSPS) is 14.8. The van der Waals surface area contributed by atoms with Crippen LogP contribution in [0.4, 0.5) is 0 Å². The van der Waals surface area contributed by atoms with Crippen LogP contribution in [0.3, 0.4) is 0 Å². The monoisotopic (exact) mass is 1520 g/mol. The smallest absolute Gasteiger partial charge is 0.462 e. The predicted octanol–water partition coefficient (Wildman–Crippen LogP) is 23.6. The van der Waals surface area contributed by atoms with E-state index in [2.05, 4.69) is 167 Å². The Hall–Kier alpha value is -5.84. The van der Waals surface area contributed by atoms with E-state index in [0.717, 1.165) is 135 Å². The van der Waals surface area contributed by atoms with Crippen LogP contribution >= 0.6 is 15.6 Å². The maximum Gasteiger partial charge on any atom is 0.472 e. The lowest BCUT2D eigenvalue weighted by atomic mass is 10.0. The van der Waals surface area contributed by atoms with Crippen LogP contribution in [-0.4, -0.2) is 96.7 Å². The van der Waals surface area contributed by atoms with Crippen LogP contribution in [0.25, 0.3) is 0 Å². The molecular weight excluding hydrogens is 1380 g/mol. The Morgan fingerprint density at radius 1 is 0.283 bits per heavy atom. The number of carbonyl (C=O) groups is 4. The fourth-order valence-electron chi connectivity index (χ4n) is 9.96. The van der Waals surface area contributed by atoms with Crippen LogP contribution in [0.2, 0.25) is 0 Å². The summed E-state index contributed by atoms with van der Waals surface area (Å²) < 4.78 is 68.4. The molecule has 106 heavy (non-hydrogen) atoms. The highest BCUT2D eigenvalue weighted by Crippen LogP contribution is 2.45. The van der Waals surface area contributed by atoms with Crippen LogP contribution in [0, 0.1) is 0 Å². The van der Waals surface area contributed by atoms with E-state index in [9.17, 15) is 43.2 Å². The highest BCUT2D eigenvalue weighted by atomic mass is 31.2. The first-order valence-electron chi connectivity index (χ1n) is 40.0. The molecule has 5 atom stereocenters. The van der Waals surface area contributed by atoms with Gasteiger partial charge < -0.3 is 33.8 Å². The molecule has 0 radical (unpaired) electrons. The summed E-state index contributed by atoms with van der Waals surface area (Å²) in [5, 5.41) is 10.6. The number of carbonyl (C=O) groups excluding carboxylic acids is 4. The molecule has 19 heteroatoms. The number of allylic oxidation sites excluding steroid dienone is 29. The standard InChI is InChI=1S/C87H140O17P2/c1-5-9-13-17-21-25-29-33-37-39-40-42-46-48-52-56-60-64-68-72-85(90)98-78-83(104-87(92)74-70-66-62-58-54-50-44-36-32-28-24-20-16-12-8-4)80-102-106(95,96)100-76-81(88)75-99-105(93,94)101-79-82(103-86(91)73-69-65-61-57-53-49-43-35-31-27-23-19-15-11-7-3)77-97-84(89)71-67-63-59-55-51-47-45-41-38-34-30-26-22-18-14-10-6-2/h9-11,13-15,21-23,25-27,33-35,37-38,40,42-43,45,47-48,52-53,57,60,64-65,69,81-83,88H,5-8,12,16-20,24,28-32,36,39,41,44,46,49-51,54-56,58-59,61-63,66-68,70-80H2,1-4H3,(H,93,94)(H,95,96)/b13-9-,14-10-,15-11-,25-21-,26-22-,27-23-,37-33-,38-34-,42-40-,43-35-,47-45-,52-48-,57-53-,64-60-,69-65-. The molecule has 0 spiro atoms. The predicted molar refractivity (Wildman–Crippen MR) is 436 cm³/mol. The summed E-state index contributed by atoms with van der Waals surface area (Å²) in [7, 11) is -10.0. The molecule has 600 valence electrons. The number of hydrogen-bond donors (Lipinski definition) is 3.